The van der Waals surface area contributed by atoms with Crippen LogP contribution in [0.1, 0.15) is 106 Å². The number of ether oxygens (including phenoxy) is 4. The van der Waals surface area contributed by atoms with Crippen LogP contribution in [0.15, 0.2) is 0 Å². The zero-order valence-electron chi connectivity index (χ0n) is 33.7. The molecule has 7 aliphatic rings. The van der Waals surface area contributed by atoms with Crippen molar-refractivity contribution in [2.45, 2.75) is 192 Å². The van der Waals surface area contributed by atoms with Crippen LogP contribution in [0.3, 0.4) is 0 Å². The van der Waals surface area contributed by atoms with E-state index in [2.05, 4.69) is 34.6 Å². The Bertz CT molecular complexity index is 1390. The predicted molar refractivity (Wildman–Crippen MR) is 196 cm³/mol. The van der Waals surface area contributed by atoms with E-state index in [1.54, 1.807) is 13.8 Å². The van der Waals surface area contributed by atoms with E-state index in [-0.39, 0.29) is 58.0 Å². The molecule has 7 rings (SSSR count). The second-order valence-electron chi connectivity index (χ2n) is 20.7. The second-order valence-corrected chi connectivity index (χ2v) is 20.7. The molecule has 0 aromatic heterocycles. The van der Waals surface area contributed by atoms with Crippen LogP contribution in [-0.2, 0) is 18.9 Å². The maximum Gasteiger partial charge on any atom is 0.186 e. The average Bonchev–Trinajstić information content (AvgIpc) is 3.69. The van der Waals surface area contributed by atoms with E-state index < -0.39 is 91.2 Å². The lowest BCUT2D eigenvalue weighted by atomic mass is 9.41. The van der Waals surface area contributed by atoms with Crippen LogP contribution in [0.5, 0.6) is 0 Å². The van der Waals surface area contributed by atoms with Gasteiger partial charge in [0.05, 0.1) is 43.2 Å². The highest BCUT2D eigenvalue weighted by molar-refractivity contribution is 5.32. The fraction of sp³-hybridized carbons (Fsp3) is 1.00. The summed E-state index contributed by atoms with van der Waals surface area (Å²) in [6.45, 7) is 13.6. The molecule has 14 heteroatoms. The summed E-state index contributed by atoms with van der Waals surface area (Å²) in [4.78, 5) is 0. The molecule has 10 N–H and O–H groups in total. The smallest absolute Gasteiger partial charge is 0.186 e. The Morgan fingerprint density at radius 1 is 0.782 bits per heavy atom. The summed E-state index contributed by atoms with van der Waals surface area (Å²) in [5, 5.41) is 107. The van der Waals surface area contributed by atoms with E-state index in [1.165, 1.54) is 0 Å². The van der Waals surface area contributed by atoms with Crippen molar-refractivity contribution >= 4 is 0 Å². The van der Waals surface area contributed by atoms with Crippen molar-refractivity contribution in [3.05, 3.63) is 0 Å². The third-order valence-corrected chi connectivity index (χ3v) is 17.3. The highest BCUT2D eigenvalue weighted by Gasteiger charge is 2.84. The third kappa shape index (κ3) is 6.33. The standard InChI is InChI=1S/C41H70O14/c1-19(8-9-25(45)37(4,5)51)27-22(53-35-32(50)30(48)29(47)23(16-42)54-35)15-39(7)24-14-20(43)33-36(2,3)26(55-34-31(49)28(46)21(44)17-52-34)10-11-41(33)18-40(24,41)13-12-38(27,39)6/h19-35,42-51H,8-18H2,1-7H3/t19-,20+,21+,22+,23-,24+,25+,26+,27+,28-,29-,30+,31+,32-,33+,34-,35-,38-,39+,40+,41-/m1/s1. The maximum absolute atomic E-state index is 12.4. The van der Waals surface area contributed by atoms with Crippen LogP contribution in [0.4, 0.5) is 0 Å². The molecule has 318 valence electrons. The van der Waals surface area contributed by atoms with Crippen molar-refractivity contribution in [3.8, 4) is 0 Å². The molecule has 55 heavy (non-hydrogen) atoms. The number of aliphatic hydroxyl groups is 10. The van der Waals surface area contributed by atoms with E-state index in [1.807, 2.05) is 0 Å². The minimum atomic E-state index is -1.57. The zero-order valence-corrected chi connectivity index (χ0v) is 33.7. The van der Waals surface area contributed by atoms with Crippen LogP contribution >= 0.6 is 0 Å². The Balaban J connectivity index is 1.17. The van der Waals surface area contributed by atoms with Crippen molar-refractivity contribution < 1.29 is 70.0 Å². The van der Waals surface area contributed by atoms with Crippen molar-refractivity contribution in [1.82, 2.24) is 0 Å². The van der Waals surface area contributed by atoms with Crippen LogP contribution in [-0.4, -0.2) is 150 Å². The molecular formula is C41H70O14. The zero-order chi connectivity index (χ0) is 40.4. The summed E-state index contributed by atoms with van der Waals surface area (Å²) in [5.74, 6) is -0.0267. The highest BCUT2D eigenvalue weighted by atomic mass is 16.7. The van der Waals surface area contributed by atoms with Crippen LogP contribution in [0.25, 0.3) is 0 Å². The fourth-order valence-electron chi connectivity index (χ4n) is 14.2. The monoisotopic (exact) mass is 786 g/mol. The minimum absolute atomic E-state index is 0.00527. The molecule has 0 amide bonds. The predicted octanol–water partition coefficient (Wildman–Crippen LogP) is 0.564. The molecule has 0 aromatic rings. The third-order valence-electron chi connectivity index (χ3n) is 17.3. The molecule has 0 radical (unpaired) electrons. The summed E-state index contributed by atoms with van der Waals surface area (Å²) in [7, 11) is 0. The first kappa shape index (κ1) is 42.6. The van der Waals surface area contributed by atoms with E-state index in [4.69, 9.17) is 18.9 Å². The van der Waals surface area contributed by atoms with Gasteiger partial charge in [-0.1, -0.05) is 34.6 Å². The Morgan fingerprint density at radius 3 is 2.11 bits per heavy atom. The quantitative estimate of drug-likeness (QED) is 0.136. The van der Waals surface area contributed by atoms with Gasteiger partial charge < -0.3 is 70.0 Å². The van der Waals surface area contributed by atoms with Crippen LogP contribution in [0, 0.1) is 50.7 Å². The van der Waals surface area contributed by atoms with Gasteiger partial charge in [-0.3, -0.25) is 0 Å². The Labute approximate surface area is 325 Å². The number of fused-ring (bicyclic) bond motifs is 2. The summed E-state index contributed by atoms with van der Waals surface area (Å²) in [5.41, 5.74) is -2.55. The Hall–Kier alpha value is -0.560. The van der Waals surface area contributed by atoms with Gasteiger partial charge in [-0.05, 0) is 122 Å². The molecule has 2 saturated heterocycles. The molecular weight excluding hydrogens is 716 g/mol. The van der Waals surface area contributed by atoms with Gasteiger partial charge in [-0.25, -0.2) is 0 Å². The van der Waals surface area contributed by atoms with E-state index in [0.29, 0.717) is 32.1 Å². The number of rotatable bonds is 10. The van der Waals surface area contributed by atoms with Gasteiger partial charge in [0.1, 0.15) is 42.7 Å². The van der Waals surface area contributed by atoms with Gasteiger partial charge in [0.15, 0.2) is 12.6 Å². The topological polar surface area (TPSA) is 239 Å². The molecule has 2 heterocycles. The lowest BCUT2D eigenvalue weighted by molar-refractivity contribution is -0.315. The summed E-state index contributed by atoms with van der Waals surface area (Å²) in [6, 6.07) is 0. The number of hydrogen-bond acceptors (Lipinski definition) is 14. The van der Waals surface area contributed by atoms with Gasteiger partial charge in [0.25, 0.3) is 0 Å². The van der Waals surface area contributed by atoms with Gasteiger partial charge in [-0.15, -0.1) is 0 Å². The molecule has 2 spiro atoms. The van der Waals surface area contributed by atoms with Crippen molar-refractivity contribution in [2.24, 2.45) is 50.7 Å². The van der Waals surface area contributed by atoms with E-state index in [9.17, 15) is 51.1 Å². The summed E-state index contributed by atoms with van der Waals surface area (Å²) in [6.07, 6.45) is -7.95. The highest BCUT2D eigenvalue weighted by Crippen LogP contribution is 2.89. The largest absolute Gasteiger partial charge is 0.394 e. The molecule has 5 saturated carbocycles. The summed E-state index contributed by atoms with van der Waals surface area (Å²) >= 11 is 0. The first-order valence-corrected chi connectivity index (χ1v) is 20.9. The molecule has 0 aromatic carbocycles. The van der Waals surface area contributed by atoms with Crippen molar-refractivity contribution in [2.75, 3.05) is 13.2 Å². The van der Waals surface area contributed by atoms with Gasteiger partial charge in [0, 0.05) is 0 Å². The molecule has 0 bridgehead atoms. The molecule has 21 atom stereocenters. The number of hydrogen-bond donors (Lipinski definition) is 10. The molecule has 7 fully saturated rings. The van der Waals surface area contributed by atoms with Gasteiger partial charge in [0.2, 0.25) is 0 Å². The first-order valence-electron chi connectivity index (χ1n) is 20.9. The second kappa shape index (κ2) is 14.3. The van der Waals surface area contributed by atoms with E-state index in [0.717, 1.165) is 25.7 Å². The van der Waals surface area contributed by atoms with Crippen LogP contribution in [0.2, 0.25) is 0 Å². The molecule has 0 unspecified atom stereocenters. The fourth-order valence-corrected chi connectivity index (χ4v) is 14.2. The van der Waals surface area contributed by atoms with Gasteiger partial charge >= 0.3 is 0 Å². The first-order chi connectivity index (χ1) is 25.5. The summed E-state index contributed by atoms with van der Waals surface area (Å²) < 4.78 is 24.7. The molecule has 14 nitrogen and oxygen atoms in total. The minimum Gasteiger partial charge on any atom is -0.394 e. The molecule has 5 aliphatic carbocycles. The van der Waals surface area contributed by atoms with Crippen LogP contribution < -0.4 is 0 Å². The van der Waals surface area contributed by atoms with E-state index >= 15 is 0 Å². The lowest BCUT2D eigenvalue weighted by Gasteiger charge is -2.64. The SMILES string of the molecule is C[C@H](CC[C@H](O)C(C)(C)O)[C@H]1[C@@H](O[C@@H]2O[C@H](CO)[C@@H](O)[C@H](O)[C@H]2O)C[C@@]2(C)[C@@H]3C[C@H](O)[C@H]4C(C)(C)[C@@H](O[C@H]5OC[C@H](O)[C@@H](O)[C@@H]5O)CC[C@@]45C[C@@]35CC[C@]12C. The Kier molecular flexibility index (Phi) is 11.1. The average molecular weight is 787 g/mol. The van der Waals surface area contributed by atoms with Crippen molar-refractivity contribution in [1.29, 1.82) is 0 Å². The lowest BCUT2D eigenvalue weighted by Crippen LogP contribution is -2.62. The normalized spacial score (nSPS) is 54.4. The maximum atomic E-state index is 12.4. The number of aliphatic hydroxyl groups excluding tert-OH is 9. The van der Waals surface area contributed by atoms with Gasteiger partial charge in [-0.2, -0.15) is 0 Å². The van der Waals surface area contributed by atoms with Crippen molar-refractivity contribution in [3.63, 3.8) is 0 Å². The molecule has 2 aliphatic heterocycles. The Morgan fingerprint density at radius 2 is 1.45 bits per heavy atom.